The molecule has 1 N–H and O–H groups in total. The number of amides is 2. The van der Waals surface area contributed by atoms with Gasteiger partial charge in [0.05, 0.1) is 0 Å². The van der Waals surface area contributed by atoms with Crippen molar-refractivity contribution in [3.05, 3.63) is 106 Å². The second-order valence-electron chi connectivity index (χ2n) is 8.20. The van der Waals surface area contributed by atoms with Crippen molar-refractivity contribution in [1.82, 2.24) is 10.2 Å². The maximum atomic E-state index is 13.5. The molecule has 0 aliphatic heterocycles. The number of likely N-dealkylation sites (N-methyl/N-ethyl adjacent to an activating group) is 1. The number of rotatable bonds is 10. The molecule has 0 radical (unpaired) electrons. The topological polar surface area (TPSA) is 49.4 Å². The van der Waals surface area contributed by atoms with E-state index >= 15 is 0 Å². The number of benzene rings is 3. The molecule has 5 heteroatoms. The number of halogens is 1. The Bertz CT molecular complexity index is 1050. The molecule has 0 spiro atoms. The van der Waals surface area contributed by atoms with Gasteiger partial charge in [-0.3, -0.25) is 9.59 Å². The third-order valence-corrected chi connectivity index (χ3v) is 6.04. The highest BCUT2D eigenvalue weighted by molar-refractivity contribution is 6.31. The predicted molar refractivity (Wildman–Crippen MR) is 134 cm³/mol. The summed E-state index contributed by atoms with van der Waals surface area (Å²) in [6.07, 6.45) is 1.37. The van der Waals surface area contributed by atoms with Gasteiger partial charge in [-0.1, -0.05) is 90.0 Å². The van der Waals surface area contributed by atoms with E-state index in [0.717, 1.165) is 16.7 Å². The Balaban J connectivity index is 1.89. The summed E-state index contributed by atoms with van der Waals surface area (Å²) in [6.45, 7) is 4.71. The zero-order valence-corrected chi connectivity index (χ0v) is 20.0. The van der Waals surface area contributed by atoms with Crippen LogP contribution in [0.2, 0.25) is 5.02 Å². The molecule has 4 nitrogen and oxygen atoms in total. The van der Waals surface area contributed by atoms with Crippen LogP contribution in [0, 0.1) is 6.92 Å². The summed E-state index contributed by atoms with van der Waals surface area (Å²) in [5, 5.41) is 3.50. The van der Waals surface area contributed by atoms with Gasteiger partial charge in [0.2, 0.25) is 11.8 Å². The van der Waals surface area contributed by atoms with Crippen LogP contribution < -0.4 is 5.32 Å². The fraction of sp³-hybridized carbons (Fsp3) is 0.286. The molecule has 0 saturated carbocycles. The highest BCUT2D eigenvalue weighted by Gasteiger charge is 2.30. The zero-order chi connectivity index (χ0) is 23.6. The Morgan fingerprint density at radius 2 is 1.58 bits per heavy atom. The number of nitrogens with zero attached hydrogens (tertiary/aromatic N) is 1. The van der Waals surface area contributed by atoms with Crippen LogP contribution in [0.3, 0.4) is 0 Å². The van der Waals surface area contributed by atoms with Gasteiger partial charge < -0.3 is 10.2 Å². The van der Waals surface area contributed by atoms with E-state index in [1.54, 1.807) is 4.90 Å². The second-order valence-corrected chi connectivity index (χ2v) is 8.61. The average molecular weight is 463 g/mol. The van der Waals surface area contributed by atoms with Crippen molar-refractivity contribution in [3.63, 3.8) is 0 Å². The van der Waals surface area contributed by atoms with E-state index in [0.29, 0.717) is 30.8 Å². The fourth-order valence-electron chi connectivity index (χ4n) is 3.81. The molecule has 172 valence electrons. The Hall–Kier alpha value is -3.11. The molecule has 33 heavy (non-hydrogen) atoms. The van der Waals surface area contributed by atoms with Crippen molar-refractivity contribution >= 4 is 23.4 Å². The molecule has 0 saturated heterocycles. The molecule has 3 aromatic rings. The van der Waals surface area contributed by atoms with Gasteiger partial charge in [-0.15, -0.1) is 0 Å². The van der Waals surface area contributed by atoms with Crippen LogP contribution in [0.1, 0.15) is 35.6 Å². The predicted octanol–water partition coefficient (Wildman–Crippen LogP) is 5.36. The van der Waals surface area contributed by atoms with Gasteiger partial charge in [0, 0.05) is 31.0 Å². The summed E-state index contributed by atoms with van der Waals surface area (Å²) in [7, 11) is 0. The first-order valence-electron chi connectivity index (χ1n) is 11.4. The van der Waals surface area contributed by atoms with E-state index in [2.05, 4.69) is 5.32 Å². The van der Waals surface area contributed by atoms with Gasteiger partial charge in [0.25, 0.3) is 0 Å². The average Bonchev–Trinajstić information content (AvgIpc) is 2.82. The van der Waals surface area contributed by atoms with Gasteiger partial charge in [-0.2, -0.15) is 0 Å². The molecule has 0 heterocycles. The van der Waals surface area contributed by atoms with E-state index < -0.39 is 6.04 Å². The molecule has 1 unspecified atom stereocenters. The molecule has 0 bridgehead atoms. The minimum Gasteiger partial charge on any atom is -0.355 e. The van der Waals surface area contributed by atoms with Gasteiger partial charge in [-0.25, -0.2) is 0 Å². The summed E-state index contributed by atoms with van der Waals surface area (Å²) in [6, 6.07) is 24.8. The number of aryl methyl sites for hydroxylation is 2. The van der Waals surface area contributed by atoms with Gasteiger partial charge in [0.15, 0.2) is 0 Å². The lowest BCUT2D eigenvalue weighted by Gasteiger charge is -2.32. The largest absolute Gasteiger partial charge is 0.355 e. The summed E-state index contributed by atoms with van der Waals surface area (Å²) < 4.78 is 0. The smallest absolute Gasteiger partial charge is 0.243 e. The van der Waals surface area contributed by atoms with Crippen molar-refractivity contribution in [3.8, 4) is 0 Å². The van der Waals surface area contributed by atoms with E-state index in [1.807, 2.05) is 92.7 Å². The van der Waals surface area contributed by atoms with Gasteiger partial charge >= 0.3 is 0 Å². The third kappa shape index (κ3) is 7.19. The van der Waals surface area contributed by atoms with Crippen LogP contribution in [0.4, 0.5) is 0 Å². The Labute approximate surface area is 201 Å². The van der Waals surface area contributed by atoms with Crippen LogP contribution >= 0.6 is 11.6 Å². The SMILES string of the molecule is CCNC(=O)C(Cc1ccccc1)N(Cc1ccccc1Cl)C(=O)CCc1ccc(C)cc1. The Morgan fingerprint density at radius 1 is 0.909 bits per heavy atom. The van der Waals surface area contributed by atoms with Gasteiger partial charge in [-0.05, 0) is 43.0 Å². The fourth-order valence-corrected chi connectivity index (χ4v) is 4.00. The van der Waals surface area contributed by atoms with E-state index in [4.69, 9.17) is 11.6 Å². The maximum Gasteiger partial charge on any atom is 0.243 e. The molecule has 3 rings (SSSR count). The van der Waals surface area contributed by atoms with Crippen molar-refractivity contribution < 1.29 is 9.59 Å². The summed E-state index contributed by atoms with van der Waals surface area (Å²) >= 11 is 6.43. The standard InChI is InChI=1S/C28H31ClN2O2/c1-3-30-28(33)26(19-23-9-5-4-6-10-23)31(20-24-11-7-8-12-25(24)29)27(32)18-17-22-15-13-21(2)14-16-22/h4-16,26H,3,17-20H2,1-2H3,(H,30,33). The number of nitrogens with one attached hydrogen (secondary N) is 1. The second kappa shape index (κ2) is 12.2. The molecule has 0 fully saturated rings. The molecule has 3 aromatic carbocycles. The first-order chi connectivity index (χ1) is 16.0. The lowest BCUT2D eigenvalue weighted by molar-refractivity contribution is -0.141. The van der Waals surface area contributed by atoms with Crippen LogP contribution in [-0.2, 0) is 29.0 Å². The van der Waals surface area contributed by atoms with Crippen LogP contribution in [-0.4, -0.2) is 29.3 Å². The quantitative estimate of drug-likeness (QED) is 0.441. The Kier molecular flexibility index (Phi) is 9.08. The molecule has 2 amide bonds. The van der Waals surface area contributed by atoms with E-state index in [-0.39, 0.29) is 18.4 Å². The van der Waals surface area contributed by atoms with Gasteiger partial charge in [0.1, 0.15) is 6.04 Å². The van der Waals surface area contributed by atoms with Crippen LogP contribution in [0.15, 0.2) is 78.9 Å². The minimum atomic E-state index is -0.630. The highest BCUT2D eigenvalue weighted by Crippen LogP contribution is 2.21. The molecule has 1 atom stereocenters. The normalized spacial score (nSPS) is 11.6. The van der Waals surface area contributed by atoms with Crippen molar-refractivity contribution in [2.75, 3.05) is 6.54 Å². The summed E-state index contributed by atoms with van der Waals surface area (Å²) in [4.78, 5) is 28.4. The van der Waals surface area contributed by atoms with Crippen LogP contribution in [0.25, 0.3) is 0 Å². The van der Waals surface area contributed by atoms with Crippen molar-refractivity contribution in [2.45, 2.75) is 45.7 Å². The number of carbonyl (C=O) groups excluding carboxylic acids is 2. The monoisotopic (exact) mass is 462 g/mol. The lowest BCUT2D eigenvalue weighted by Crippen LogP contribution is -2.50. The maximum absolute atomic E-state index is 13.5. The van der Waals surface area contributed by atoms with Crippen molar-refractivity contribution in [2.24, 2.45) is 0 Å². The summed E-state index contributed by atoms with van der Waals surface area (Å²) in [5.74, 6) is -0.222. The molecule has 0 aliphatic carbocycles. The zero-order valence-electron chi connectivity index (χ0n) is 19.3. The first-order valence-corrected chi connectivity index (χ1v) is 11.8. The molecular formula is C28H31ClN2O2. The molecule has 0 aromatic heterocycles. The molecular weight excluding hydrogens is 432 g/mol. The third-order valence-electron chi connectivity index (χ3n) is 5.67. The molecule has 0 aliphatic rings. The number of carbonyl (C=O) groups is 2. The lowest BCUT2D eigenvalue weighted by atomic mass is 10.0. The number of hydrogen-bond donors (Lipinski definition) is 1. The first kappa shape index (κ1) is 24.5. The minimum absolute atomic E-state index is 0.0670. The van der Waals surface area contributed by atoms with E-state index in [1.165, 1.54) is 5.56 Å². The highest BCUT2D eigenvalue weighted by atomic mass is 35.5. The van der Waals surface area contributed by atoms with E-state index in [9.17, 15) is 9.59 Å². The number of hydrogen-bond acceptors (Lipinski definition) is 2. The Morgan fingerprint density at radius 3 is 2.24 bits per heavy atom. The van der Waals surface area contributed by atoms with Crippen molar-refractivity contribution in [1.29, 1.82) is 0 Å². The summed E-state index contributed by atoms with van der Waals surface area (Å²) in [5.41, 5.74) is 4.11. The van der Waals surface area contributed by atoms with Crippen LogP contribution in [0.5, 0.6) is 0 Å².